The molecule has 112 valence electrons. The van der Waals surface area contributed by atoms with Crippen LogP contribution in [0.3, 0.4) is 0 Å². The van der Waals surface area contributed by atoms with E-state index in [1.807, 2.05) is 0 Å². The molecule has 0 bridgehead atoms. The van der Waals surface area contributed by atoms with Crippen LogP contribution in [-0.2, 0) is 0 Å². The van der Waals surface area contributed by atoms with Gasteiger partial charge in [0.05, 0.1) is 0 Å². The van der Waals surface area contributed by atoms with E-state index in [4.69, 9.17) is 0 Å². The van der Waals surface area contributed by atoms with E-state index in [1.54, 1.807) is 0 Å². The summed E-state index contributed by atoms with van der Waals surface area (Å²) >= 11 is 0. The Kier molecular flexibility index (Phi) is 6.15. The minimum Gasteiger partial charge on any atom is -0.314 e. The fourth-order valence-electron chi connectivity index (χ4n) is 3.97. The highest BCUT2D eigenvalue weighted by atomic mass is 15.2. The van der Waals surface area contributed by atoms with Crippen LogP contribution >= 0.6 is 0 Å². The Hall–Kier alpha value is -0.0800. The molecule has 0 aromatic heterocycles. The summed E-state index contributed by atoms with van der Waals surface area (Å²) in [6, 6.07) is 1.55. The molecule has 19 heavy (non-hydrogen) atoms. The summed E-state index contributed by atoms with van der Waals surface area (Å²) < 4.78 is 0. The highest BCUT2D eigenvalue weighted by molar-refractivity contribution is 4.86. The molecule has 1 heterocycles. The Bertz CT molecular complexity index is 244. The maximum atomic E-state index is 3.61. The SMILES string of the molecule is CCCC1CCC(N2CCC(CNC(C)C)C2)CC1. The predicted octanol–water partition coefficient (Wildman–Crippen LogP) is 3.67. The molecule has 0 amide bonds. The van der Waals surface area contributed by atoms with E-state index < -0.39 is 0 Å². The van der Waals surface area contributed by atoms with Gasteiger partial charge in [-0.1, -0.05) is 33.6 Å². The fourth-order valence-corrected chi connectivity index (χ4v) is 3.97. The van der Waals surface area contributed by atoms with Crippen LogP contribution < -0.4 is 5.32 Å². The molecular weight excluding hydrogens is 232 g/mol. The van der Waals surface area contributed by atoms with Gasteiger partial charge in [0.1, 0.15) is 0 Å². The van der Waals surface area contributed by atoms with Crippen molar-refractivity contribution in [1.82, 2.24) is 10.2 Å². The number of likely N-dealkylation sites (tertiary alicyclic amines) is 1. The summed E-state index contributed by atoms with van der Waals surface area (Å²) in [6.45, 7) is 10.8. The predicted molar refractivity (Wildman–Crippen MR) is 83.5 cm³/mol. The van der Waals surface area contributed by atoms with Gasteiger partial charge in [-0.05, 0) is 57.0 Å². The lowest BCUT2D eigenvalue weighted by atomic mass is 9.83. The molecule has 1 atom stereocenters. The average molecular weight is 266 g/mol. The number of hydrogen-bond acceptors (Lipinski definition) is 2. The molecule has 1 saturated heterocycles. The highest BCUT2D eigenvalue weighted by Crippen LogP contribution is 2.32. The Morgan fingerprint density at radius 3 is 2.42 bits per heavy atom. The lowest BCUT2D eigenvalue weighted by Gasteiger charge is -2.34. The Labute approximate surface area is 120 Å². The first-order chi connectivity index (χ1) is 9.19. The second kappa shape index (κ2) is 7.64. The van der Waals surface area contributed by atoms with Crippen molar-refractivity contribution in [2.24, 2.45) is 11.8 Å². The van der Waals surface area contributed by atoms with Gasteiger partial charge in [-0.15, -0.1) is 0 Å². The molecule has 0 spiro atoms. The first kappa shape index (κ1) is 15.3. The smallest absolute Gasteiger partial charge is 0.00955 e. The van der Waals surface area contributed by atoms with Crippen LogP contribution in [-0.4, -0.2) is 36.6 Å². The van der Waals surface area contributed by atoms with Gasteiger partial charge in [0.15, 0.2) is 0 Å². The van der Waals surface area contributed by atoms with Crippen LogP contribution in [0.25, 0.3) is 0 Å². The maximum Gasteiger partial charge on any atom is 0.00955 e. The molecule has 2 aliphatic rings. The third-order valence-corrected chi connectivity index (χ3v) is 5.16. The van der Waals surface area contributed by atoms with E-state index in [0.717, 1.165) is 17.9 Å². The van der Waals surface area contributed by atoms with Gasteiger partial charge in [0.25, 0.3) is 0 Å². The van der Waals surface area contributed by atoms with E-state index in [-0.39, 0.29) is 0 Å². The second-order valence-corrected chi connectivity index (χ2v) is 7.18. The van der Waals surface area contributed by atoms with Crippen molar-refractivity contribution in [2.75, 3.05) is 19.6 Å². The molecule has 0 radical (unpaired) electrons. The van der Waals surface area contributed by atoms with E-state index in [2.05, 4.69) is 31.0 Å². The van der Waals surface area contributed by atoms with Crippen LogP contribution in [0.1, 0.15) is 65.7 Å². The summed E-state index contributed by atoms with van der Waals surface area (Å²) in [4.78, 5) is 2.80. The third-order valence-electron chi connectivity index (χ3n) is 5.16. The Morgan fingerprint density at radius 2 is 1.79 bits per heavy atom. The first-order valence-corrected chi connectivity index (χ1v) is 8.66. The molecule has 2 rings (SSSR count). The molecule has 2 heteroatoms. The van der Waals surface area contributed by atoms with Gasteiger partial charge in [-0.3, -0.25) is 0 Å². The molecule has 0 aromatic carbocycles. The second-order valence-electron chi connectivity index (χ2n) is 7.18. The minimum absolute atomic E-state index is 0.638. The van der Waals surface area contributed by atoms with Crippen molar-refractivity contribution in [1.29, 1.82) is 0 Å². The van der Waals surface area contributed by atoms with Crippen LogP contribution in [0, 0.1) is 11.8 Å². The first-order valence-electron chi connectivity index (χ1n) is 8.66. The molecule has 1 N–H and O–H groups in total. The molecule has 1 aliphatic heterocycles. The highest BCUT2D eigenvalue weighted by Gasteiger charge is 2.30. The van der Waals surface area contributed by atoms with Crippen LogP contribution in [0.15, 0.2) is 0 Å². The lowest BCUT2D eigenvalue weighted by Crippen LogP contribution is -2.37. The van der Waals surface area contributed by atoms with Crippen molar-refractivity contribution in [2.45, 2.75) is 77.8 Å². The number of nitrogens with one attached hydrogen (secondary N) is 1. The quantitative estimate of drug-likeness (QED) is 0.789. The maximum absolute atomic E-state index is 3.61. The van der Waals surface area contributed by atoms with E-state index in [0.29, 0.717) is 6.04 Å². The third kappa shape index (κ3) is 4.75. The Balaban J connectivity index is 1.67. The van der Waals surface area contributed by atoms with Crippen molar-refractivity contribution in [3.05, 3.63) is 0 Å². The summed E-state index contributed by atoms with van der Waals surface area (Å²) in [7, 11) is 0. The van der Waals surface area contributed by atoms with Crippen LogP contribution in [0.2, 0.25) is 0 Å². The molecule has 2 nitrogen and oxygen atoms in total. The molecular formula is C17H34N2. The summed E-state index contributed by atoms with van der Waals surface area (Å²) in [5.74, 6) is 1.94. The summed E-state index contributed by atoms with van der Waals surface area (Å²) in [5, 5.41) is 3.61. The minimum atomic E-state index is 0.638. The Morgan fingerprint density at radius 1 is 1.05 bits per heavy atom. The largest absolute Gasteiger partial charge is 0.314 e. The molecule has 1 unspecified atom stereocenters. The van der Waals surface area contributed by atoms with Crippen molar-refractivity contribution >= 4 is 0 Å². The molecule has 0 aromatic rings. The van der Waals surface area contributed by atoms with Gasteiger partial charge in [0, 0.05) is 18.6 Å². The fraction of sp³-hybridized carbons (Fsp3) is 1.00. The molecule has 1 saturated carbocycles. The van der Waals surface area contributed by atoms with Crippen LogP contribution in [0.5, 0.6) is 0 Å². The summed E-state index contributed by atoms with van der Waals surface area (Å²) in [5.41, 5.74) is 0. The zero-order valence-electron chi connectivity index (χ0n) is 13.3. The van der Waals surface area contributed by atoms with E-state index >= 15 is 0 Å². The van der Waals surface area contributed by atoms with Crippen LogP contribution in [0.4, 0.5) is 0 Å². The van der Waals surface area contributed by atoms with Crippen molar-refractivity contribution in [3.63, 3.8) is 0 Å². The molecule has 2 fully saturated rings. The van der Waals surface area contributed by atoms with Crippen molar-refractivity contribution < 1.29 is 0 Å². The van der Waals surface area contributed by atoms with Gasteiger partial charge >= 0.3 is 0 Å². The van der Waals surface area contributed by atoms with Crippen molar-refractivity contribution in [3.8, 4) is 0 Å². The zero-order chi connectivity index (χ0) is 13.7. The van der Waals surface area contributed by atoms with Gasteiger partial charge < -0.3 is 10.2 Å². The van der Waals surface area contributed by atoms with E-state index in [9.17, 15) is 0 Å². The van der Waals surface area contributed by atoms with Gasteiger partial charge in [-0.25, -0.2) is 0 Å². The zero-order valence-corrected chi connectivity index (χ0v) is 13.3. The topological polar surface area (TPSA) is 15.3 Å². The number of nitrogens with zero attached hydrogens (tertiary/aromatic N) is 1. The number of hydrogen-bond donors (Lipinski definition) is 1. The van der Waals surface area contributed by atoms with E-state index in [1.165, 1.54) is 64.6 Å². The summed E-state index contributed by atoms with van der Waals surface area (Å²) in [6.07, 6.45) is 10.2. The number of rotatable bonds is 6. The van der Waals surface area contributed by atoms with Gasteiger partial charge in [0.2, 0.25) is 0 Å². The molecule has 1 aliphatic carbocycles. The normalized spacial score (nSPS) is 33.2. The average Bonchev–Trinajstić information content (AvgIpc) is 2.86. The standard InChI is InChI=1S/C17H34N2/c1-4-5-15-6-8-17(9-7-15)19-11-10-16(13-19)12-18-14(2)3/h14-18H,4-13H2,1-3H3. The monoisotopic (exact) mass is 266 g/mol. The lowest BCUT2D eigenvalue weighted by molar-refractivity contribution is 0.156. The van der Waals surface area contributed by atoms with Gasteiger partial charge in [-0.2, -0.15) is 0 Å².